The predicted octanol–water partition coefficient (Wildman–Crippen LogP) is 1.34. The average Bonchev–Trinajstić information content (AvgIpc) is 2.20. The molecule has 0 amide bonds. The molecule has 1 aromatic carbocycles. The summed E-state index contributed by atoms with van der Waals surface area (Å²) in [6, 6.07) is 2.07. The molecular formula is C10H9ClN2O4. The molecule has 0 aliphatic heterocycles. The second kappa shape index (κ2) is 4.92. The molecule has 0 saturated heterocycles. The first-order valence-corrected chi connectivity index (χ1v) is 4.95. The van der Waals surface area contributed by atoms with Crippen molar-refractivity contribution in [2.24, 2.45) is 0 Å². The highest BCUT2D eigenvalue weighted by Gasteiger charge is 2.36. The number of rotatable bonds is 4. The van der Waals surface area contributed by atoms with E-state index in [0.717, 1.165) is 6.92 Å². The van der Waals surface area contributed by atoms with Gasteiger partial charge in [-0.25, -0.2) is 0 Å². The van der Waals surface area contributed by atoms with Gasteiger partial charge in [0.25, 0.3) is 0 Å². The van der Waals surface area contributed by atoms with Crippen molar-refractivity contribution in [1.29, 1.82) is 0 Å². The number of ketones is 2. The lowest BCUT2D eigenvalue weighted by molar-refractivity contribution is -0.490. The number of halogens is 1. The van der Waals surface area contributed by atoms with Gasteiger partial charge < -0.3 is 5.73 Å². The second-order valence-electron chi connectivity index (χ2n) is 3.39. The maximum Gasteiger partial charge on any atom is 0.331 e. The van der Waals surface area contributed by atoms with E-state index in [2.05, 4.69) is 0 Å². The maximum absolute atomic E-state index is 11.8. The minimum atomic E-state index is -1.93. The van der Waals surface area contributed by atoms with Crippen molar-refractivity contribution < 1.29 is 14.5 Å². The van der Waals surface area contributed by atoms with Crippen LogP contribution in [-0.2, 0) is 4.79 Å². The highest BCUT2D eigenvalue weighted by Crippen LogP contribution is 2.20. The number of nitrogen functional groups attached to an aromatic ring is 1. The SMILES string of the molecule is CC(=O)C(C(=O)c1cc(Cl)ccc1N)[N+](=O)[O-]. The molecule has 0 aliphatic carbocycles. The summed E-state index contributed by atoms with van der Waals surface area (Å²) in [4.78, 5) is 32.6. The van der Waals surface area contributed by atoms with E-state index in [4.69, 9.17) is 17.3 Å². The molecule has 1 rings (SSSR count). The van der Waals surface area contributed by atoms with Gasteiger partial charge in [0.05, 0.1) is 0 Å². The number of hydrogen-bond acceptors (Lipinski definition) is 5. The molecule has 1 atom stereocenters. The van der Waals surface area contributed by atoms with E-state index in [1.165, 1.54) is 18.2 Å². The zero-order chi connectivity index (χ0) is 13.2. The molecule has 1 unspecified atom stereocenters. The molecule has 2 N–H and O–H groups in total. The standard InChI is InChI=1S/C10H9ClN2O4/c1-5(14)9(13(16)17)10(15)7-4-6(11)2-3-8(7)12/h2-4,9H,12H2,1H3. The monoisotopic (exact) mass is 256 g/mol. The van der Waals surface area contributed by atoms with Gasteiger partial charge in [0.15, 0.2) is 0 Å². The Balaban J connectivity index is 3.23. The number of nitro groups is 1. The van der Waals surface area contributed by atoms with Crippen molar-refractivity contribution in [2.45, 2.75) is 13.0 Å². The molecule has 0 bridgehead atoms. The molecule has 0 fully saturated rings. The van der Waals surface area contributed by atoms with Crippen molar-refractivity contribution in [2.75, 3.05) is 5.73 Å². The van der Waals surface area contributed by atoms with Gasteiger partial charge in [-0.05, 0) is 18.2 Å². The van der Waals surface area contributed by atoms with Gasteiger partial charge in [0.1, 0.15) is 0 Å². The molecule has 0 aliphatic rings. The van der Waals surface area contributed by atoms with Crippen molar-refractivity contribution in [3.63, 3.8) is 0 Å². The topological polar surface area (TPSA) is 103 Å². The first-order chi connectivity index (χ1) is 7.84. The number of anilines is 1. The molecule has 0 radical (unpaired) electrons. The molecule has 1 aromatic rings. The van der Waals surface area contributed by atoms with Crippen molar-refractivity contribution in [1.82, 2.24) is 0 Å². The molecule has 0 saturated carbocycles. The fraction of sp³-hybridized carbons (Fsp3) is 0.200. The summed E-state index contributed by atoms with van der Waals surface area (Å²) < 4.78 is 0. The Morgan fingerprint density at radius 2 is 2.06 bits per heavy atom. The van der Waals surface area contributed by atoms with E-state index in [1.54, 1.807) is 0 Å². The number of hydrogen-bond donors (Lipinski definition) is 1. The van der Waals surface area contributed by atoms with Gasteiger partial charge in [-0.15, -0.1) is 0 Å². The number of carbonyl (C=O) groups excluding carboxylic acids is 2. The first kappa shape index (κ1) is 13.1. The fourth-order valence-electron chi connectivity index (χ4n) is 1.32. The van der Waals surface area contributed by atoms with Crippen LogP contribution in [0.4, 0.5) is 5.69 Å². The van der Waals surface area contributed by atoms with Crippen molar-refractivity contribution >= 4 is 28.9 Å². The van der Waals surface area contributed by atoms with Crippen molar-refractivity contribution in [3.05, 3.63) is 38.9 Å². The molecule has 0 heterocycles. The summed E-state index contributed by atoms with van der Waals surface area (Å²) >= 11 is 5.66. The maximum atomic E-state index is 11.8. The number of benzene rings is 1. The van der Waals surface area contributed by atoms with Gasteiger partial charge in [-0.3, -0.25) is 19.7 Å². The average molecular weight is 257 g/mol. The molecule has 17 heavy (non-hydrogen) atoms. The van der Waals surface area contributed by atoms with Crippen LogP contribution >= 0.6 is 11.6 Å². The minimum Gasteiger partial charge on any atom is -0.398 e. The third-order valence-electron chi connectivity index (χ3n) is 2.13. The lowest BCUT2D eigenvalue weighted by Crippen LogP contribution is -2.36. The first-order valence-electron chi connectivity index (χ1n) is 4.57. The summed E-state index contributed by atoms with van der Waals surface area (Å²) in [6.07, 6.45) is 0. The zero-order valence-corrected chi connectivity index (χ0v) is 9.60. The van der Waals surface area contributed by atoms with Crippen LogP contribution in [0.3, 0.4) is 0 Å². The third kappa shape index (κ3) is 2.79. The van der Waals surface area contributed by atoms with Crippen LogP contribution in [0.1, 0.15) is 17.3 Å². The van der Waals surface area contributed by atoms with Crippen LogP contribution < -0.4 is 5.73 Å². The van der Waals surface area contributed by atoms with Gasteiger partial charge in [0, 0.05) is 28.1 Å². The molecular weight excluding hydrogens is 248 g/mol. The van der Waals surface area contributed by atoms with Gasteiger partial charge in [-0.2, -0.15) is 0 Å². The van der Waals surface area contributed by atoms with Crippen LogP contribution in [0.2, 0.25) is 5.02 Å². The van der Waals surface area contributed by atoms with Gasteiger partial charge in [-0.1, -0.05) is 11.6 Å². The lowest BCUT2D eigenvalue weighted by atomic mass is 10.0. The molecule has 0 spiro atoms. The van der Waals surface area contributed by atoms with Crippen LogP contribution in [-0.4, -0.2) is 22.5 Å². The van der Waals surface area contributed by atoms with Crippen LogP contribution in [0.5, 0.6) is 0 Å². The largest absolute Gasteiger partial charge is 0.398 e. The second-order valence-corrected chi connectivity index (χ2v) is 3.83. The van der Waals surface area contributed by atoms with Crippen LogP contribution in [0.15, 0.2) is 18.2 Å². The van der Waals surface area contributed by atoms with E-state index < -0.39 is 22.5 Å². The quantitative estimate of drug-likeness (QED) is 0.288. The van der Waals surface area contributed by atoms with E-state index in [-0.39, 0.29) is 16.3 Å². The lowest BCUT2D eigenvalue weighted by Gasteiger charge is -2.07. The van der Waals surface area contributed by atoms with Crippen LogP contribution in [0.25, 0.3) is 0 Å². The molecule has 0 aromatic heterocycles. The Morgan fingerprint density at radius 1 is 1.47 bits per heavy atom. The van der Waals surface area contributed by atoms with E-state index >= 15 is 0 Å². The number of carbonyl (C=O) groups is 2. The van der Waals surface area contributed by atoms with E-state index in [9.17, 15) is 19.7 Å². The smallest absolute Gasteiger partial charge is 0.331 e. The van der Waals surface area contributed by atoms with Crippen molar-refractivity contribution in [3.8, 4) is 0 Å². The number of nitrogens with two attached hydrogens (primary N) is 1. The highest BCUT2D eigenvalue weighted by atomic mass is 35.5. The molecule has 7 heteroatoms. The number of nitrogens with zero attached hydrogens (tertiary/aromatic N) is 1. The summed E-state index contributed by atoms with van der Waals surface area (Å²) in [5, 5.41) is 10.9. The van der Waals surface area contributed by atoms with E-state index in [1.807, 2.05) is 0 Å². The minimum absolute atomic E-state index is 0.0486. The Bertz CT molecular complexity index is 487. The van der Waals surface area contributed by atoms with E-state index in [0.29, 0.717) is 0 Å². The highest BCUT2D eigenvalue weighted by molar-refractivity contribution is 6.31. The number of Topliss-reactive ketones (excluding diaryl/α,β-unsaturated/α-hetero) is 2. The summed E-state index contributed by atoms with van der Waals surface area (Å²) in [7, 11) is 0. The summed E-state index contributed by atoms with van der Waals surface area (Å²) in [5.41, 5.74) is 5.45. The van der Waals surface area contributed by atoms with Crippen LogP contribution in [0, 0.1) is 10.1 Å². The normalized spacial score (nSPS) is 11.9. The summed E-state index contributed by atoms with van der Waals surface area (Å²) in [6.45, 7) is 0.978. The van der Waals surface area contributed by atoms with Gasteiger partial charge >= 0.3 is 6.04 Å². The zero-order valence-electron chi connectivity index (χ0n) is 8.84. The third-order valence-corrected chi connectivity index (χ3v) is 2.36. The molecule has 90 valence electrons. The van der Waals surface area contributed by atoms with Gasteiger partial charge in [0.2, 0.25) is 11.6 Å². The Morgan fingerprint density at radius 3 is 2.53 bits per heavy atom. The Kier molecular flexibility index (Phi) is 3.80. The summed E-state index contributed by atoms with van der Waals surface area (Å²) in [5.74, 6) is -1.80. The fourth-order valence-corrected chi connectivity index (χ4v) is 1.49. The predicted molar refractivity (Wildman–Crippen MR) is 61.7 cm³/mol. The Labute approximate surface area is 102 Å². The molecule has 6 nitrogen and oxygen atoms in total. The Hall–Kier alpha value is -1.95.